The normalized spacial score (nSPS) is 11.3. The molecule has 0 fully saturated rings. The summed E-state index contributed by atoms with van der Waals surface area (Å²) in [5, 5.41) is 0. The lowest BCUT2D eigenvalue weighted by atomic mass is 10.0. The number of pyridine rings is 1. The van der Waals surface area contributed by atoms with Crippen LogP contribution < -0.4 is 0 Å². The van der Waals surface area contributed by atoms with E-state index in [2.05, 4.69) is 4.98 Å². The fourth-order valence-corrected chi connectivity index (χ4v) is 1.59. The molecule has 0 saturated heterocycles. The van der Waals surface area contributed by atoms with Gasteiger partial charge in [0, 0.05) is 18.0 Å². The highest BCUT2D eigenvalue weighted by Gasteiger charge is 2.31. The van der Waals surface area contributed by atoms with Gasteiger partial charge in [0.15, 0.2) is 0 Å². The molecule has 1 aromatic heterocycles. The van der Waals surface area contributed by atoms with Gasteiger partial charge in [0.05, 0.1) is 5.56 Å². The Balaban J connectivity index is 2.58. The van der Waals surface area contributed by atoms with Crippen LogP contribution in [-0.2, 0) is 6.18 Å². The Labute approximate surface area is 101 Å². The maximum atomic E-state index is 12.7. The number of carbonyl (C=O) groups is 1. The minimum atomic E-state index is -4.47. The third kappa shape index (κ3) is 2.56. The molecule has 0 aliphatic heterocycles. The van der Waals surface area contributed by atoms with Crippen LogP contribution in [0, 0.1) is 0 Å². The van der Waals surface area contributed by atoms with Crippen molar-refractivity contribution in [1.82, 2.24) is 4.98 Å². The summed E-state index contributed by atoms with van der Waals surface area (Å²) in [6, 6.07) is 6.44. The second kappa shape index (κ2) is 4.60. The van der Waals surface area contributed by atoms with Crippen molar-refractivity contribution in [2.24, 2.45) is 0 Å². The van der Waals surface area contributed by atoms with Gasteiger partial charge in [-0.15, -0.1) is 0 Å². The quantitative estimate of drug-likeness (QED) is 0.763. The minimum absolute atomic E-state index is 0.00311. The highest BCUT2D eigenvalue weighted by Crippen LogP contribution is 2.33. The second-order valence-corrected chi connectivity index (χ2v) is 3.70. The van der Waals surface area contributed by atoms with Gasteiger partial charge in [0.25, 0.3) is 0 Å². The Hall–Kier alpha value is -2.17. The zero-order valence-corrected chi connectivity index (χ0v) is 9.11. The molecule has 0 saturated carbocycles. The van der Waals surface area contributed by atoms with E-state index in [4.69, 9.17) is 0 Å². The number of rotatable bonds is 2. The third-order valence-corrected chi connectivity index (χ3v) is 2.43. The van der Waals surface area contributed by atoms with Crippen LogP contribution in [-0.4, -0.2) is 11.3 Å². The van der Waals surface area contributed by atoms with Crippen LogP contribution in [0.4, 0.5) is 13.2 Å². The van der Waals surface area contributed by atoms with Gasteiger partial charge in [0.1, 0.15) is 6.29 Å². The summed E-state index contributed by atoms with van der Waals surface area (Å²) in [6.07, 6.45) is -1.10. The van der Waals surface area contributed by atoms with Crippen molar-refractivity contribution in [2.45, 2.75) is 6.18 Å². The lowest BCUT2D eigenvalue weighted by Gasteiger charge is -2.10. The number of aldehydes is 1. The molecule has 1 heterocycles. The van der Waals surface area contributed by atoms with E-state index in [9.17, 15) is 18.0 Å². The van der Waals surface area contributed by atoms with Crippen molar-refractivity contribution in [3.63, 3.8) is 0 Å². The number of halogens is 3. The first kappa shape index (κ1) is 12.3. The van der Waals surface area contributed by atoms with Crippen LogP contribution in [0.25, 0.3) is 11.1 Å². The number of aromatic nitrogens is 1. The zero-order valence-electron chi connectivity index (χ0n) is 9.11. The standard InChI is InChI=1S/C13H8F3NO/c14-13(15,16)12-6-9(8-18)5-11(7-12)10-1-3-17-4-2-10/h1-8H. The topological polar surface area (TPSA) is 30.0 Å². The lowest BCUT2D eigenvalue weighted by Crippen LogP contribution is -2.06. The number of benzene rings is 1. The average molecular weight is 251 g/mol. The fourth-order valence-electron chi connectivity index (χ4n) is 1.59. The summed E-state index contributed by atoms with van der Waals surface area (Å²) in [5.41, 5.74) is 0.0871. The first-order valence-electron chi connectivity index (χ1n) is 5.08. The summed E-state index contributed by atoms with van der Waals surface area (Å²) in [7, 11) is 0. The predicted molar refractivity (Wildman–Crippen MR) is 60.1 cm³/mol. The second-order valence-electron chi connectivity index (χ2n) is 3.70. The number of carbonyl (C=O) groups excluding carboxylic acids is 1. The van der Waals surface area contributed by atoms with Gasteiger partial charge >= 0.3 is 6.18 Å². The van der Waals surface area contributed by atoms with Crippen LogP contribution in [0.1, 0.15) is 15.9 Å². The molecule has 0 unspecified atom stereocenters. The SMILES string of the molecule is O=Cc1cc(-c2ccncc2)cc(C(F)(F)F)c1. The van der Waals surface area contributed by atoms with E-state index in [1.807, 2.05) is 0 Å². The molecule has 2 rings (SSSR count). The average Bonchev–Trinajstić information content (AvgIpc) is 2.38. The van der Waals surface area contributed by atoms with Crippen molar-refractivity contribution in [3.05, 3.63) is 53.9 Å². The van der Waals surface area contributed by atoms with Crippen molar-refractivity contribution >= 4 is 6.29 Å². The van der Waals surface area contributed by atoms with Crippen LogP contribution >= 0.6 is 0 Å². The first-order chi connectivity index (χ1) is 8.50. The van der Waals surface area contributed by atoms with Crippen LogP contribution in [0.2, 0.25) is 0 Å². The summed E-state index contributed by atoms with van der Waals surface area (Å²) >= 11 is 0. The van der Waals surface area contributed by atoms with Crippen molar-refractivity contribution in [2.75, 3.05) is 0 Å². The van der Waals surface area contributed by atoms with E-state index in [0.717, 1.165) is 12.1 Å². The van der Waals surface area contributed by atoms with Crippen molar-refractivity contribution in [1.29, 1.82) is 0 Å². The highest BCUT2D eigenvalue weighted by molar-refractivity contribution is 5.79. The molecule has 0 aliphatic carbocycles. The monoisotopic (exact) mass is 251 g/mol. The Morgan fingerprint density at radius 3 is 2.22 bits per heavy atom. The highest BCUT2D eigenvalue weighted by atomic mass is 19.4. The Bertz CT molecular complexity index is 564. The Morgan fingerprint density at radius 2 is 1.67 bits per heavy atom. The van der Waals surface area contributed by atoms with E-state index in [-0.39, 0.29) is 5.56 Å². The maximum Gasteiger partial charge on any atom is 0.416 e. The number of hydrogen-bond donors (Lipinski definition) is 0. The van der Waals surface area contributed by atoms with Gasteiger partial charge in [-0.25, -0.2) is 0 Å². The first-order valence-corrected chi connectivity index (χ1v) is 5.08. The molecular weight excluding hydrogens is 243 g/mol. The molecule has 0 bridgehead atoms. The molecular formula is C13H8F3NO. The van der Waals surface area contributed by atoms with Crippen LogP contribution in [0.15, 0.2) is 42.7 Å². The maximum absolute atomic E-state index is 12.7. The smallest absolute Gasteiger partial charge is 0.298 e. The van der Waals surface area contributed by atoms with E-state index in [1.165, 1.54) is 18.5 Å². The Kier molecular flexibility index (Phi) is 3.14. The largest absolute Gasteiger partial charge is 0.416 e. The summed E-state index contributed by atoms with van der Waals surface area (Å²) in [6.45, 7) is 0. The summed E-state index contributed by atoms with van der Waals surface area (Å²) in [5.74, 6) is 0. The molecule has 0 atom stereocenters. The van der Waals surface area contributed by atoms with E-state index in [1.54, 1.807) is 12.1 Å². The third-order valence-electron chi connectivity index (χ3n) is 2.43. The predicted octanol–water partition coefficient (Wildman–Crippen LogP) is 3.58. The molecule has 2 aromatic rings. The van der Waals surface area contributed by atoms with E-state index in [0.29, 0.717) is 17.4 Å². The molecule has 18 heavy (non-hydrogen) atoms. The van der Waals surface area contributed by atoms with Gasteiger partial charge in [-0.05, 0) is 41.5 Å². The number of alkyl halides is 3. The number of nitrogens with zero attached hydrogens (tertiary/aromatic N) is 1. The summed E-state index contributed by atoms with van der Waals surface area (Å²) < 4.78 is 38.0. The minimum Gasteiger partial charge on any atom is -0.298 e. The van der Waals surface area contributed by atoms with Gasteiger partial charge < -0.3 is 0 Å². The van der Waals surface area contributed by atoms with E-state index >= 15 is 0 Å². The molecule has 0 N–H and O–H groups in total. The molecule has 0 aliphatic rings. The van der Waals surface area contributed by atoms with Crippen molar-refractivity contribution in [3.8, 4) is 11.1 Å². The van der Waals surface area contributed by atoms with Gasteiger partial charge in [0.2, 0.25) is 0 Å². The molecule has 0 spiro atoms. The molecule has 2 nitrogen and oxygen atoms in total. The summed E-state index contributed by atoms with van der Waals surface area (Å²) in [4.78, 5) is 14.5. The van der Waals surface area contributed by atoms with Gasteiger partial charge in [-0.3, -0.25) is 9.78 Å². The molecule has 92 valence electrons. The number of hydrogen-bond acceptors (Lipinski definition) is 2. The lowest BCUT2D eigenvalue weighted by molar-refractivity contribution is -0.137. The molecule has 1 aromatic carbocycles. The van der Waals surface area contributed by atoms with Gasteiger partial charge in [-0.1, -0.05) is 0 Å². The van der Waals surface area contributed by atoms with Crippen LogP contribution in [0.3, 0.4) is 0 Å². The molecule has 5 heteroatoms. The fraction of sp³-hybridized carbons (Fsp3) is 0.0769. The Morgan fingerprint density at radius 1 is 1.00 bits per heavy atom. The molecule has 0 amide bonds. The zero-order chi connectivity index (χ0) is 13.2. The molecule has 0 radical (unpaired) electrons. The van der Waals surface area contributed by atoms with Gasteiger partial charge in [-0.2, -0.15) is 13.2 Å². The van der Waals surface area contributed by atoms with Crippen LogP contribution in [0.5, 0.6) is 0 Å². The van der Waals surface area contributed by atoms with E-state index < -0.39 is 11.7 Å². The van der Waals surface area contributed by atoms with Crippen molar-refractivity contribution < 1.29 is 18.0 Å².